The molecule has 4 aliphatic rings. The van der Waals surface area contributed by atoms with Gasteiger partial charge in [-0.25, -0.2) is 0 Å². The van der Waals surface area contributed by atoms with Gasteiger partial charge in [0, 0.05) is 39.3 Å². The Kier molecular flexibility index (Phi) is 6.15. The molecular formula is C49H36N2. The summed E-state index contributed by atoms with van der Waals surface area (Å²) < 4.78 is 2.48. The number of aromatic nitrogens is 1. The van der Waals surface area contributed by atoms with Crippen LogP contribution in [0.15, 0.2) is 169 Å². The normalized spacial score (nSPS) is 15.8. The van der Waals surface area contributed by atoms with Gasteiger partial charge in [0.15, 0.2) is 0 Å². The average molecular weight is 653 g/mol. The van der Waals surface area contributed by atoms with Gasteiger partial charge in [-0.2, -0.15) is 0 Å². The summed E-state index contributed by atoms with van der Waals surface area (Å²) in [5.41, 5.74) is 19.4. The van der Waals surface area contributed by atoms with Crippen LogP contribution in [0.5, 0.6) is 0 Å². The highest BCUT2D eigenvalue weighted by molar-refractivity contribution is 6.03. The van der Waals surface area contributed by atoms with Crippen LogP contribution in [-0.4, -0.2) is 4.57 Å². The van der Waals surface area contributed by atoms with E-state index >= 15 is 0 Å². The zero-order valence-corrected chi connectivity index (χ0v) is 28.4. The second-order valence-electron chi connectivity index (χ2n) is 14.2. The third-order valence-electron chi connectivity index (χ3n) is 11.7. The second-order valence-corrected chi connectivity index (χ2v) is 14.2. The van der Waals surface area contributed by atoms with Crippen molar-refractivity contribution in [2.24, 2.45) is 0 Å². The molecule has 0 aliphatic heterocycles. The van der Waals surface area contributed by atoms with E-state index in [1.165, 1.54) is 78.1 Å². The van der Waals surface area contributed by atoms with E-state index < -0.39 is 5.41 Å². The van der Waals surface area contributed by atoms with Gasteiger partial charge in [-0.1, -0.05) is 121 Å². The molecule has 0 N–H and O–H groups in total. The molecule has 0 atom stereocenters. The number of para-hydroxylation sites is 2. The maximum absolute atomic E-state index is 2.54. The summed E-state index contributed by atoms with van der Waals surface area (Å²) in [4.78, 5) is 2.50. The van der Waals surface area contributed by atoms with Crippen molar-refractivity contribution in [3.8, 4) is 16.8 Å². The summed E-state index contributed by atoms with van der Waals surface area (Å²) >= 11 is 0. The van der Waals surface area contributed by atoms with Crippen LogP contribution in [0.3, 0.4) is 0 Å². The zero-order valence-electron chi connectivity index (χ0n) is 28.4. The van der Waals surface area contributed by atoms with Gasteiger partial charge in [0.05, 0.1) is 16.6 Å². The number of hydrogen-bond donors (Lipinski definition) is 0. The molecule has 0 radical (unpaired) electrons. The third kappa shape index (κ3) is 3.88. The lowest BCUT2D eigenvalue weighted by atomic mass is 9.69. The lowest BCUT2D eigenvalue weighted by molar-refractivity contribution is 0.781. The first-order valence-corrected chi connectivity index (χ1v) is 18.3. The topological polar surface area (TPSA) is 8.17 Å². The minimum atomic E-state index is -0.394. The highest BCUT2D eigenvalue weighted by atomic mass is 15.1. The molecule has 0 fully saturated rings. The SMILES string of the molecule is C1=Cc2c(n(-c3ccc(N(c4ccccc4)c4cccc5c4C4(C6=CCCC=C65)c5ccccc5-c5ccccc54)cc3)c3ccccc23)CC1. The molecule has 2 heteroatoms. The highest BCUT2D eigenvalue weighted by Gasteiger charge is 2.55. The minimum Gasteiger partial charge on any atom is -0.313 e. The van der Waals surface area contributed by atoms with Gasteiger partial charge >= 0.3 is 0 Å². The molecule has 242 valence electrons. The van der Waals surface area contributed by atoms with Crippen LogP contribution < -0.4 is 4.90 Å². The molecule has 7 aromatic rings. The van der Waals surface area contributed by atoms with E-state index in [0.29, 0.717) is 0 Å². The number of benzene rings is 6. The highest BCUT2D eigenvalue weighted by Crippen LogP contribution is 2.66. The molecule has 0 saturated heterocycles. The van der Waals surface area contributed by atoms with Crippen molar-refractivity contribution >= 4 is 39.6 Å². The summed E-state index contributed by atoms with van der Waals surface area (Å²) in [7, 11) is 0. The monoisotopic (exact) mass is 652 g/mol. The quantitative estimate of drug-likeness (QED) is 0.184. The van der Waals surface area contributed by atoms with Crippen molar-refractivity contribution in [3.63, 3.8) is 0 Å². The number of allylic oxidation sites excluding steroid dienone is 5. The fourth-order valence-corrected chi connectivity index (χ4v) is 9.78. The van der Waals surface area contributed by atoms with E-state index in [1.54, 1.807) is 0 Å². The van der Waals surface area contributed by atoms with E-state index in [0.717, 1.165) is 37.1 Å². The van der Waals surface area contributed by atoms with Gasteiger partial charge in [0.25, 0.3) is 0 Å². The van der Waals surface area contributed by atoms with E-state index in [-0.39, 0.29) is 0 Å². The zero-order chi connectivity index (χ0) is 33.5. The average Bonchev–Trinajstić information content (AvgIpc) is 3.81. The number of anilines is 3. The first kappa shape index (κ1) is 28.7. The van der Waals surface area contributed by atoms with Gasteiger partial charge in [-0.3, -0.25) is 0 Å². The van der Waals surface area contributed by atoms with Crippen molar-refractivity contribution in [1.29, 1.82) is 0 Å². The first-order chi connectivity index (χ1) is 25.3. The van der Waals surface area contributed by atoms with Crippen LogP contribution in [-0.2, 0) is 11.8 Å². The summed E-state index contributed by atoms with van der Waals surface area (Å²) in [5.74, 6) is 0. The number of fused-ring (bicyclic) bond motifs is 13. The predicted molar refractivity (Wildman–Crippen MR) is 212 cm³/mol. The molecule has 6 aromatic carbocycles. The van der Waals surface area contributed by atoms with Crippen LogP contribution in [0.1, 0.15) is 52.8 Å². The Morgan fingerprint density at radius 2 is 1.22 bits per heavy atom. The van der Waals surface area contributed by atoms with Crippen molar-refractivity contribution in [2.45, 2.75) is 31.1 Å². The Morgan fingerprint density at radius 1 is 0.549 bits per heavy atom. The molecule has 0 bridgehead atoms. The molecular weight excluding hydrogens is 617 g/mol. The van der Waals surface area contributed by atoms with Gasteiger partial charge in [0.2, 0.25) is 0 Å². The smallest absolute Gasteiger partial charge is 0.0742 e. The molecule has 0 saturated carbocycles. The van der Waals surface area contributed by atoms with Gasteiger partial charge in [0.1, 0.15) is 0 Å². The Morgan fingerprint density at radius 3 is 2.02 bits per heavy atom. The van der Waals surface area contributed by atoms with Crippen molar-refractivity contribution < 1.29 is 0 Å². The van der Waals surface area contributed by atoms with Gasteiger partial charge in [-0.15, -0.1) is 0 Å². The van der Waals surface area contributed by atoms with Crippen molar-refractivity contribution in [2.75, 3.05) is 4.90 Å². The Hall–Kier alpha value is -6.12. The fraction of sp³-hybridized carbons (Fsp3) is 0.102. The first-order valence-electron chi connectivity index (χ1n) is 18.3. The second kappa shape index (κ2) is 10.9. The predicted octanol–water partition coefficient (Wildman–Crippen LogP) is 12.5. The van der Waals surface area contributed by atoms with Crippen LogP contribution in [0.25, 0.3) is 39.4 Å². The largest absolute Gasteiger partial charge is 0.313 e. The summed E-state index contributed by atoms with van der Waals surface area (Å²) in [6.07, 6.45) is 13.9. The lowest BCUT2D eigenvalue weighted by Gasteiger charge is -2.36. The maximum Gasteiger partial charge on any atom is 0.0742 e. The van der Waals surface area contributed by atoms with E-state index in [4.69, 9.17) is 0 Å². The Bertz CT molecular complexity index is 2580. The Balaban J connectivity index is 1.16. The van der Waals surface area contributed by atoms with Gasteiger partial charge in [-0.05, 0) is 113 Å². The standard InChI is InChI=1S/C49H36N2/c1-2-15-33(16-3-1)50(34-29-31-35(32-30-34)51-45-26-12-7-20-39(45)40-21-8-13-27-46(40)51)47-28-14-22-41-38-19-6-11-25-44(38)49(48(41)47)42-23-9-4-17-36(42)37-18-5-10-24-43(37)49/h1-5,7-10,12,14-26,28-32H,6,11,13,27H2. The molecule has 4 aliphatic carbocycles. The molecule has 1 aromatic heterocycles. The molecule has 0 amide bonds. The number of rotatable bonds is 4. The van der Waals surface area contributed by atoms with Crippen molar-refractivity contribution in [3.05, 3.63) is 203 Å². The van der Waals surface area contributed by atoms with Crippen LogP contribution in [0.2, 0.25) is 0 Å². The van der Waals surface area contributed by atoms with Gasteiger partial charge < -0.3 is 9.47 Å². The lowest BCUT2D eigenvalue weighted by Crippen LogP contribution is -2.28. The molecule has 11 rings (SSSR count). The third-order valence-corrected chi connectivity index (χ3v) is 11.7. The number of nitrogens with zero attached hydrogens (tertiary/aromatic N) is 2. The maximum atomic E-state index is 2.54. The molecule has 1 heterocycles. The van der Waals surface area contributed by atoms with Crippen LogP contribution in [0, 0.1) is 0 Å². The molecule has 51 heavy (non-hydrogen) atoms. The molecule has 1 spiro atoms. The summed E-state index contributed by atoms with van der Waals surface area (Å²) in [6, 6.07) is 54.3. The van der Waals surface area contributed by atoms with Crippen LogP contribution >= 0.6 is 0 Å². The van der Waals surface area contributed by atoms with E-state index in [2.05, 4.69) is 179 Å². The summed E-state index contributed by atoms with van der Waals surface area (Å²) in [6.45, 7) is 0. The summed E-state index contributed by atoms with van der Waals surface area (Å²) in [5, 5.41) is 1.32. The van der Waals surface area contributed by atoms with E-state index in [9.17, 15) is 0 Å². The minimum absolute atomic E-state index is 0.394. The number of hydrogen-bond acceptors (Lipinski definition) is 1. The van der Waals surface area contributed by atoms with Crippen LogP contribution in [0.4, 0.5) is 17.1 Å². The van der Waals surface area contributed by atoms with E-state index in [1.807, 2.05) is 0 Å². The fourth-order valence-electron chi connectivity index (χ4n) is 9.78. The molecule has 2 nitrogen and oxygen atoms in total. The Labute approximate surface area is 298 Å². The molecule has 0 unspecified atom stereocenters. The van der Waals surface area contributed by atoms with Crippen molar-refractivity contribution in [1.82, 2.24) is 4.57 Å².